The maximum atomic E-state index is 5.67. The first-order valence-corrected chi connectivity index (χ1v) is 22.0. The van der Waals surface area contributed by atoms with Crippen molar-refractivity contribution in [3.63, 3.8) is 0 Å². The molecule has 8 bridgehead atoms. The summed E-state index contributed by atoms with van der Waals surface area (Å²) in [6.45, 7) is 13.8. The molecule has 0 aliphatic carbocycles. The second-order valence-electron chi connectivity index (χ2n) is 19.2. The van der Waals surface area contributed by atoms with Gasteiger partial charge in [-0.25, -0.2) is 9.97 Å². The highest BCUT2D eigenvalue weighted by molar-refractivity contribution is 6.16. The zero-order valence-corrected chi connectivity index (χ0v) is 36.7. The summed E-state index contributed by atoms with van der Waals surface area (Å²) in [5.41, 5.74) is 21.6. The molecule has 3 aromatic heterocycles. The van der Waals surface area contributed by atoms with E-state index in [1.54, 1.807) is 0 Å². The van der Waals surface area contributed by atoms with Gasteiger partial charge in [-0.05, 0) is 133 Å². The molecule has 3 heteroatoms. The lowest BCUT2D eigenvalue weighted by Crippen LogP contribution is -2.11. The highest BCUT2D eigenvalue weighted by atomic mass is 14.8. The summed E-state index contributed by atoms with van der Waals surface area (Å²) in [4.78, 5) is 15.4. The molecule has 7 aromatic carbocycles. The molecule has 1 N–H and O–H groups in total. The van der Waals surface area contributed by atoms with E-state index in [1.165, 1.54) is 33.0 Å². The summed E-state index contributed by atoms with van der Waals surface area (Å²) in [6, 6.07) is 66.5. The molecule has 3 nitrogen and oxygen atoms in total. The number of pyridine rings is 2. The minimum absolute atomic E-state index is 0.112. The molecular weight excluding hydrogens is 763 g/mol. The van der Waals surface area contributed by atoms with E-state index in [-0.39, 0.29) is 10.8 Å². The molecule has 0 unspecified atom stereocenters. The smallest absolute Gasteiger partial charge is 0.0736 e. The van der Waals surface area contributed by atoms with Crippen LogP contribution in [0.5, 0.6) is 0 Å². The van der Waals surface area contributed by atoms with Crippen LogP contribution in [0.4, 0.5) is 0 Å². The van der Waals surface area contributed by atoms with Gasteiger partial charge in [-0.2, -0.15) is 0 Å². The molecule has 1 aliphatic rings. The summed E-state index contributed by atoms with van der Waals surface area (Å²) in [7, 11) is 0. The largest absolute Gasteiger partial charge is 0.353 e. The van der Waals surface area contributed by atoms with Gasteiger partial charge in [0.1, 0.15) is 0 Å². The summed E-state index contributed by atoms with van der Waals surface area (Å²) >= 11 is 0. The number of aromatic amines is 1. The predicted molar refractivity (Wildman–Crippen MR) is 266 cm³/mol. The predicted octanol–water partition coefficient (Wildman–Crippen LogP) is 16.4. The molecule has 0 radical (unpaired) electrons. The van der Waals surface area contributed by atoms with E-state index >= 15 is 0 Å². The van der Waals surface area contributed by atoms with Crippen molar-refractivity contribution in [2.45, 2.75) is 52.4 Å². The van der Waals surface area contributed by atoms with Crippen molar-refractivity contribution in [1.29, 1.82) is 0 Å². The molecule has 0 saturated heterocycles. The lowest BCUT2D eigenvalue weighted by molar-refractivity contribution is 0.590. The average Bonchev–Trinajstić information content (AvgIpc) is 3.69. The Hall–Kier alpha value is -7.36. The molecule has 0 atom stereocenters. The lowest BCUT2D eigenvalue weighted by atomic mass is 9.83. The Balaban J connectivity index is 1.29. The Bertz CT molecular complexity index is 3360. The van der Waals surface area contributed by atoms with Crippen LogP contribution in [0.3, 0.4) is 0 Å². The summed E-state index contributed by atoms with van der Waals surface area (Å²) in [5, 5.41) is 2.39. The number of rotatable bonds is 4. The third-order valence-corrected chi connectivity index (χ3v) is 12.8. The Morgan fingerprint density at radius 3 is 1.02 bits per heavy atom. The number of benzene rings is 7. The quantitative estimate of drug-likeness (QED) is 0.192. The van der Waals surface area contributed by atoms with Gasteiger partial charge in [0.05, 0.1) is 33.8 Å². The van der Waals surface area contributed by atoms with Gasteiger partial charge in [0.2, 0.25) is 0 Å². The minimum Gasteiger partial charge on any atom is -0.353 e. The average molecular weight is 812 g/mol. The van der Waals surface area contributed by atoms with Gasteiger partial charge in [0, 0.05) is 33.0 Å². The molecule has 10 aromatic rings. The second kappa shape index (κ2) is 14.6. The van der Waals surface area contributed by atoms with Crippen LogP contribution < -0.4 is 0 Å². The fourth-order valence-corrected chi connectivity index (χ4v) is 9.18. The van der Waals surface area contributed by atoms with Crippen molar-refractivity contribution in [2.24, 2.45) is 0 Å². The van der Waals surface area contributed by atoms with E-state index in [2.05, 4.69) is 229 Å². The van der Waals surface area contributed by atoms with E-state index in [1.807, 2.05) is 0 Å². The maximum absolute atomic E-state index is 5.67. The molecule has 4 heterocycles. The monoisotopic (exact) mass is 811 g/mol. The molecule has 1 aliphatic heterocycles. The van der Waals surface area contributed by atoms with Gasteiger partial charge in [0.15, 0.2) is 0 Å². The van der Waals surface area contributed by atoms with E-state index in [4.69, 9.17) is 9.97 Å². The standard InChI is InChI=1S/C60H49N3/c1-59(2,3)47-33-49-50-34-48(60(4,5)6)36-52-56-32-44(41-24-22-40(23-25-41)37-16-10-7-11-17-37)30-54(62-56)46-27-42(38-18-12-8-13-19-38)26-45(28-46)53-29-43(39-20-14-9-15-21-39)31-55(61-53)51(35-47)57(49)63-58(50)52/h7-36,63H,1-6H3. The number of aromatic nitrogens is 3. The van der Waals surface area contributed by atoms with Crippen LogP contribution in [0.2, 0.25) is 0 Å². The fraction of sp³-hybridized carbons (Fsp3) is 0.133. The van der Waals surface area contributed by atoms with Crippen LogP contribution in [0.15, 0.2) is 182 Å². The van der Waals surface area contributed by atoms with Crippen molar-refractivity contribution in [3.05, 3.63) is 193 Å². The van der Waals surface area contributed by atoms with Crippen molar-refractivity contribution in [2.75, 3.05) is 0 Å². The van der Waals surface area contributed by atoms with Gasteiger partial charge in [-0.3, -0.25) is 0 Å². The molecular formula is C60H49N3. The Kier molecular flexibility index (Phi) is 8.96. The molecule has 0 saturated carbocycles. The van der Waals surface area contributed by atoms with Crippen LogP contribution in [0.25, 0.3) is 111 Å². The maximum Gasteiger partial charge on any atom is 0.0736 e. The highest BCUT2D eigenvalue weighted by Gasteiger charge is 2.26. The third kappa shape index (κ3) is 7.04. The van der Waals surface area contributed by atoms with Crippen LogP contribution in [0, 0.1) is 0 Å². The number of nitrogens with one attached hydrogen (secondary N) is 1. The summed E-state index contributed by atoms with van der Waals surface area (Å²) < 4.78 is 0. The van der Waals surface area contributed by atoms with Crippen molar-refractivity contribution >= 4 is 21.8 Å². The van der Waals surface area contributed by atoms with Gasteiger partial charge in [-0.1, -0.05) is 157 Å². The van der Waals surface area contributed by atoms with Crippen LogP contribution in [0.1, 0.15) is 52.7 Å². The number of H-pyrrole nitrogens is 1. The molecule has 304 valence electrons. The lowest BCUT2D eigenvalue weighted by Gasteiger charge is -2.22. The van der Waals surface area contributed by atoms with Crippen LogP contribution in [-0.2, 0) is 10.8 Å². The van der Waals surface area contributed by atoms with Gasteiger partial charge >= 0.3 is 0 Å². The van der Waals surface area contributed by atoms with Crippen LogP contribution in [-0.4, -0.2) is 15.0 Å². The molecule has 0 spiro atoms. The zero-order chi connectivity index (χ0) is 43.0. The normalized spacial score (nSPS) is 12.3. The Morgan fingerprint density at radius 2 is 0.619 bits per heavy atom. The van der Waals surface area contributed by atoms with E-state index in [0.717, 1.165) is 89.4 Å². The SMILES string of the molecule is CC(C)(C)c1cc2c3[nH]c4c(cc(C(C)(C)C)cc4c3c1)-c1cc(-c3ccc(-c4ccccc4)cc3)cc(n1)-c1cc(-c3ccccc3)cc(c1)-c1cc(-c3ccccc3)cc-2n1. The Labute approximate surface area is 370 Å². The minimum atomic E-state index is -0.118. The number of hydrogen-bond acceptors (Lipinski definition) is 2. The fourth-order valence-electron chi connectivity index (χ4n) is 9.18. The summed E-state index contributed by atoms with van der Waals surface area (Å²) in [6.07, 6.45) is 0. The topological polar surface area (TPSA) is 41.6 Å². The van der Waals surface area contributed by atoms with Crippen molar-refractivity contribution < 1.29 is 0 Å². The molecule has 0 amide bonds. The van der Waals surface area contributed by atoms with E-state index < -0.39 is 0 Å². The van der Waals surface area contributed by atoms with Gasteiger partial charge in [-0.15, -0.1) is 0 Å². The van der Waals surface area contributed by atoms with Crippen molar-refractivity contribution in [3.8, 4) is 89.5 Å². The highest BCUT2D eigenvalue weighted by Crippen LogP contribution is 2.45. The molecule has 0 fully saturated rings. The number of fused-ring (bicyclic) bond motifs is 11. The Morgan fingerprint density at radius 1 is 0.302 bits per heavy atom. The molecule has 63 heavy (non-hydrogen) atoms. The van der Waals surface area contributed by atoms with Crippen LogP contribution >= 0.6 is 0 Å². The number of nitrogens with zero attached hydrogens (tertiary/aromatic N) is 2. The first-order chi connectivity index (χ1) is 30.4. The second-order valence-corrected chi connectivity index (χ2v) is 19.2. The van der Waals surface area contributed by atoms with E-state index in [9.17, 15) is 0 Å². The number of hydrogen-bond donors (Lipinski definition) is 1. The first kappa shape index (κ1) is 38.6. The van der Waals surface area contributed by atoms with Crippen molar-refractivity contribution in [1.82, 2.24) is 15.0 Å². The van der Waals surface area contributed by atoms with E-state index in [0.29, 0.717) is 0 Å². The zero-order valence-electron chi connectivity index (χ0n) is 36.7. The molecule has 11 rings (SSSR count). The van der Waals surface area contributed by atoms with Gasteiger partial charge in [0.25, 0.3) is 0 Å². The third-order valence-electron chi connectivity index (χ3n) is 12.8. The first-order valence-electron chi connectivity index (χ1n) is 22.0. The summed E-state index contributed by atoms with van der Waals surface area (Å²) in [5.74, 6) is 0. The van der Waals surface area contributed by atoms with Gasteiger partial charge < -0.3 is 4.98 Å².